The lowest BCUT2D eigenvalue weighted by molar-refractivity contribution is 0.184. The predicted molar refractivity (Wildman–Crippen MR) is 114 cm³/mol. The maximum Gasteiger partial charge on any atom is 0.229 e. The van der Waals surface area contributed by atoms with E-state index in [4.69, 9.17) is 4.74 Å². The molecule has 0 atom stereocenters. The molecule has 0 saturated carbocycles. The van der Waals surface area contributed by atoms with Crippen LogP contribution < -0.4 is 5.32 Å². The Morgan fingerprint density at radius 2 is 1.87 bits per heavy atom. The number of rotatable bonds is 6. The average molecular weight is 424 g/mol. The number of hydrogen-bond acceptors (Lipinski definition) is 6. The smallest absolute Gasteiger partial charge is 0.229 e. The standard InChI is InChI=1S/C22H22F2N6O/c1-12(2)30-13(3)27-21-16(23)7-15(8-18(21)30)20-17(24)10-26-22(29-20)28-19-6-5-14(9-25-19)11-31-4/h5-10,12H,11H2,1-4H3,(H,25,26,28,29). The van der Waals surface area contributed by atoms with Crippen molar-refractivity contribution in [3.8, 4) is 11.3 Å². The summed E-state index contributed by atoms with van der Waals surface area (Å²) in [6, 6.07) is 6.61. The Balaban J connectivity index is 1.73. The van der Waals surface area contributed by atoms with Crippen molar-refractivity contribution in [2.75, 3.05) is 12.4 Å². The van der Waals surface area contributed by atoms with Crippen molar-refractivity contribution < 1.29 is 13.5 Å². The maximum atomic E-state index is 14.8. The minimum Gasteiger partial charge on any atom is -0.380 e. The molecule has 0 saturated heterocycles. The molecule has 0 bridgehead atoms. The van der Waals surface area contributed by atoms with Crippen molar-refractivity contribution in [2.24, 2.45) is 0 Å². The third-order valence-electron chi connectivity index (χ3n) is 4.83. The summed E-state index contributed by atoms with van der Waals surface area (Å²) in [5.41, 5.74) is 2.05. The summed E-state index contributed by atoms with van der Waals surface area (Å²) in [6.07, 6.45) is 2.71. The van der Waals surface area contributed by atoms with Gasteiger partial charge in [-0.15, -0.1) is 0 Å². The Bertz CT molecular complexity index is 1240. The second-order valence-corrected chi connectivity index (χ2v) is 7.45. The predicted octanol–water partition coefficient (Wildman–Crippen LogP) is 4.95. The average Bonchev–Trinajstić information content (AvgIpc) is 3.08. The van der Waals surface area contributed by atoms with Crippen LogP contribution in [0.2, 0.25) is 0 Å². The molecule has 3 heterocycles. The molecule has 0 amide bonds. The van der Waals surface area contributed by atoms with Crippen LogP contribution in [0.15, 0.2) is 36.7 Å². The van der Waals surface area contributed by atoms with E-state index in [1.807, 2.05) is 31.4 Å². The minimum absolute atomic E-state index is 0.0107. The molecular formula is C22H22F2N6O. The number of hydrogen-bond donors (Lipinski definition) is 1. The van der Waals surface area contributed by atoms with Crippen LogP contribution in [-0.2, 0) is 11.3 Å². The molecule has 0 unspecified atom stereocenters. The largest absolute Gasteiger partial charge is 0.380 e. The van der Waals surface area contributed by atoms with Gasteiger partial charge in [-0.05, 0) is 44.5 Å². The van der Waals surface area contributed by atoms with Crippen molar-refractivity contribution in [2.45, 2.75) is 33.4 Å². The molecule has 0 aliphatic carbocycles. The molecule has 3 aromatic heterocycles. The zero-order chi connectivity index (χ0) is 22.1. The van der Waals surface area contributed by atoms with Crippen LogP contribution in [0.4, 0.5) is 20.5 Å². The minimum atomic E-state index is -0.653. The molecule has 160 valence electrons. The van der Waals surface area contributed by atoms with Gasteiger partial charge in [-0.2, -0.15) is 0 Å². The number of fused-ring (bicyclic) bond motifs is 1. The number of pyridine rings is 1. The van der Waals surface area contributed by atoms with E-state index < -0.39 is 11.6 Å². The molecule has 0 aliphatic heterocycles. The van der Waals surface area contributed by atoms with Crippen LogP contribution in [0.1, 0.15) is 31.3 Å². The highest BCUT2D eigenvalue weighted by Crippen LogP contribution is 2.30. The van der Waals surface area contributed by atoms with Gasteiger partial charge < -0.3 is 14.6 Å². The molecule has 0 aliphatic rings. The molecular weight excluding hydrogens is 402 g/mol. The third-order valence-corrected chi connectivity index (χ3v) is 4.83. The SMILES string of the molecule is COCc1ccc(Nc2ncc(F)c(-c3cc(F)c4nc(C)n(C(C)C)c4c3)n2)nc1. The zero-order valence-electron chi connectivity index (χ0n) is 17.6. The fourth-order valence-corrected chi connectivity index (χ4v) is 3.55. The Kier molecular flexibility index (Phi) is 5.60. The van der Waals surface area contributed by atoms with Crippen LogP contribution >= 0.6 is 0 Å². The number of benzene rings is 1. The van der Waals surface area contributed by atoms with Crippen LogP contribution in [0.5, 0.6) is 0 Å². The summed E-state index contributed by atoms with van der Waals surface area (Å²) < 4.78 is 36.4. The van der Waals surface area contributed by atoms with E-state index in [1.54, 1.807) is 25.4 Å². The van der Waals surface area contributed by atoms with Crippen LogP contribution in [-0.4, -0.2) is 31.6 Å². The van der Waals surface area contributed by atoms with E-state index in [0.717, 1.165) is 11.8 Å². The monoisotopic (exact) mass is 424 g/mol. The number of anilines is 2. The van der Waals surface area contributed by atoms with Gasteiger partial charge in [-0.1, -0.05) is 6.07 Å². The molecule has 4 aromatic rings. The number of imidazole rings is 1. The molecule has 31 heavy (non-hydrogen) atoms. The first-order valence-electron chi connectivity index (χ1n) is 9.79. The van der Waals surface area contributed by atoms with Gasteiger partial charge in [0, 0.05) is 24.9 Å². The van der Waals surface area contributed by atoms with Crippen LogP contribution in [0.3, 0.4) is 0 Å². The molecule has 7 nitrogen and oxygen atoms in total. The number of aryl methyl sites for hydroxylation is 1. The molecule has 1 aromatic carbocycles. The van der Waals surface area contributed by atoms with Crippen molar-refractivity contribution in [3.63, 3.8) is 0 Å². The molecule has 4 rings (SSSR count). The number of methoxy groups -OCH3 is 1. The summed E-state index contributed by atoms with van der Waals surface area (Å²) in [5, 5.41) is 2.94. The first-order chi connectivity index (χ1) is 14.9. The molecule has 9 heteroatoms. The zero-order valence-corrected chi connectivity index (χ0v) is 17.6. The normalized spacial score (nSPS) is 11.5. The number of ether oxygens (including phenoxy) is 1. The van der Waals surface area contributed by atoms with Crippen molar-refractivity contribution in [1.29, 1.82) is 0 Å². The topological polar surface area (TPSA) is 77.8 Å². The summed E-state index contributed by atoms with van der Waals surface area (Å²) in [6.45, 7) is 6.23. The van der Waals surface area contributed by atoms with Gasteiger partial charge in [-0.25, -0.2) is 28.7 Å². The molecule has 0 fully saturated rings. The Morgan fingerprint density at radius 3 is 2.55 bits per heavy atom. The quantitative estimate of drug-likeness (QED) is 0.472. The highest BCUT2D eigenvalue weighted by molar-refractivity contribution is 5.83. The Morgan fingerprint density at radius 1 is 1.06 bits per heavy atom. The van der Waals surface area contributed by atoms with E-state index in [1.165, 1.54) is 6.07 Å². The van der Waals surface area contributed by atoms with E-state index in [0.29, 0.717) is 29.3 Å². The first-order valence-corrected chi connectivity index (χ1v) is 9.79. The van der Waals surface area contributed by atoms with Crippen LogP contribution in [0, 0.1) is 18.6 Å². The second kappa shape index (κ2) is 8.35. The van der Waals surface area contributed by atoms with Crippen LogP contribution in [0.25, 0.3) is 22.3 Å². The fraction of sp³-hybridized carbons (Fsp3) is 0.273. The lowest BCUT2D eigenvalue weighted by atomic mass is 10.1. The Hall–Kier alpha value is -3.46. The van der Waals surface area contributed by atoms with Gasteiger partial charge in [0.2, 0.25) is 5.95 Å². The van der Waals surface area contributed by atoms with Crippen molar-refractivity contribution in [3.05, 3.63) is 59.7 Å². The van der Waals surface area contributed by atoms with Gasteiger partial charge in [0.25, 0.3) is 0 Å². The highest BCUT2D eigenvalue weighted by Gasteiger charge is 2.18. The second-order valence-electron chi connectivity index (χ2n) is 7.45. The van der Waals surface area contributed by atoms with E-state index >= 15 is 0 Å². The number of aromatic nitrogens is 5. The molecule has 0 radical (unpaired) electrons. The van der Waals surface area contributed by atoms with E-state index in [2.05, 4.69) is 25.3 Å². The first kappa shape index (κ1) is 20.8. The number of nitrogens with one attached hydrogen (secondary N) is 1. The van der Waals surface area contributed by atoms with E-state index in [-0.39, 0.29) is 23.2 Å². The summed E-state index contributed by atoms with van der Waals surface area (Å²) in [5.74, 6) is 0.150. The fourth-order valence-electron chi connectivity index (χ4n) is 3.55. The molecule has 1 N–H and O–H groups in total. The lowest BCUT2D eigenvalue weighted by Crippen LogP contribution is -2.04. The third kappa shape index (κ3) is 4.09. The summed E-state index contributed by atoms with van der Waals surface area (Å²) >= 11 is 0. The Labute approximate surface area is 178 Å². The lowest BCUT2D eigenvalue weighted by Gasteiger charge is -2.12. The van der Waals surface area contributed by atoms with Crippen molar-refractivity contribution in [1.82, 2.24) is 24.5 Å². The maximum absolute atomic E-state index is 14.8. The van der Waals surface area contributed by atoms with Gasteiger partial charge in [0.1, 0.15) is 22.9 Å². The number of halogens is 2. The molecule has 0 spiro atoms. The van der Waals surface area contributed by atoms with Gasteiger partial charge in [0.15, 0.2) is 11.6 Å². The number of nitrogens with zero attached hydrogens (tertiary/aromatic N) is 5. The van der Waals surface area contributed by atoms with Gasteiger partial charge >= 0.3 is 0 Å². The van der Waals surface area contributed by atoms with Gasteiger partial charge in [0.05, 0.1) is 18.3 Å². The van der Waals surface area contributed by atoms with E-state index in [9.17, 15) is 8.78 Å². The summed E-state index contributed by atoms with van der Waals surface area (Å²) in [7, 11) is 1.61. The van der Waals surface area contributed by atoms with Gasteiger partial charge in [-0.3, -0.25) is 0 Å². The highest BCUT2D eigenvalue weighted by atomic mass is 19.1. The summed E-state index contributed by atoms with van der Waals surface area (Å²) in [4.78, 5) is 16.8. The van der Waals surface area contributed by atoms with Crippen molar-refractivity contribution >= 4 is 22.8 Å².